The van der Waals surface area contributed by atoms with Gasteiger partial charge in [0.1, 0.15) is 0 Å². The average molecular weight is 309 g/mol. The van der Waals surface area contributed by atoms with Crippen LogP contribution >= 0.6 is 11.8 Å². The number of para-hydroxylation sites is 1. The molecule has 2 nitrogen and oxygen atoms in total. The Morgan fingerprint density at radius 3 is 2.55 bits per heavy atom. The number of carbonyl (C=O) groups excluding carboxylic acids is 1. The highest BCUT2D eigenvalue weighted by atomic mass is 32.2. The lowest BCUT2D eigenvalue weighted by Gasteiger charge is -2.10. The summed E-state index contributed by atoms with van der Waals surface area (Å²) in [6.45, 7) is 3.97. The van der Waals surface area contributed by atoms with Gasteiger partial charge in [-0.3, -0.25) is 4.79 Å². The van der Waals surface area contributed by atoms with Crippen molar-refractivity contribution < 1.29 is 4.79 Å². The fourth-order valence-corrected chi connectivity index (χ4v) is 3.57. The molecule has 0 bridgehead atoms. The van der Waals surface area contributed by atoms with Crippen LogP contribution in [-0.4, -0.2) is 16.0 Å². The fraction of sp³-hybridized carbons (Fsp3) is 0.211. The van der Waals surface area contributed by atoms with Crippen molar-refractivity contribution in [2.75, 3.05) is 0 Å². The van der Waals surface area contributed by atoms with Crippen molar-refractivity contribution in [1.82, 2.24) is 4.98 Å². The highest BCUT2D eigenvalue weighted by Gasteiger charge is 2.21. The number of aryl methyl sites for hydroxylation is 1. The van der Waals surface area contributed by atoms with Crippen molar-refractivity contribution in [3.05, 3.63) is 71.4 Å². The summed E-state index contributed by atoms with van der Waals surface area (Å²) in [7, 11) is 0. The summed E-state index contributed by atoms with van der Waals surface area (Å²) < 4.78 is 0. The van der Waals surface area contributed by atoms with Crippen LogP contribution in [0.25, 0.3) is 10.9 Å². The third-order valence-electron chi connectivity index (χ3n) is 3.85. The van der Waals surface area contributed by atoms with Gasteiger partial charge >= 0.3 is 0 Å². The number of H-pyrrole nitrogens is 1. The van der Waals surface area contributed by atoms with Gasteiger partial charge in [-0.1, -0.05) is 48.5 Å². The molecule has 0 aliphatic heterocycles. The molecule has 0 saturated heterocycles. The Morgan fingerprint density at radius 1 is 1.09 bits per heavy atom. The van der Waals surface area contributed by atoms with Crippen molar-refractivity contribution >= 4 is 28.4 Å². The molecule has 3 heteroatoms. The summed E-state index contributed by atoms with van der Waals surface area (Å²) in [5.41, 5.74) is 4.08. The average Bonchev–Trinajstić information content (AvgIpc) is 2.88. The maximum Gasteiger partial charge on any atom is 0.177 e. The Hall–Kier alpha value is -2.00. The highest BCUT2D eigenvalue weighted by molar-refractivity contribution is 7.99. The molecule has 1 N–H and O–H groups in total. The van der Waals surface area contributed by atoms with E-state index in [1.807, 2.05) is 56.3 Å². The fourth-order valence-electron chi connectivity index (χ4n) is 2.67. The monoisotopic (exact) mass is 309 g/mol. The Labute approximate surface area is 134 Å². The molecule has 2 aromatic carbocycles. The van der Waals surface area contributed by atoms with Gasteiger partial charge in [0, 0.05) is 27.9 Å². The van der Waals surface area contributed by atoms with E-state index >= 15 is 0 Å². The molecule has 0 saturated carbocycles. The Bertz CT molecular complexity index is 792. The van der Waals surface area contributed by atoms with Gasteiger partial charge in [0.2, 0.25) is 0 Å². The number of hydrogen-bond donors (Lipinski definition) is 1. The topological polar surface area (TPSA) is 32.9 Å². The van der Waals surface area contributed by atoms with Crippen LogP contribution in [0.3, 0.4) is 0 Å². The van der Waals surface area contributed by atoms with Gasteiger partial charge in [0.15, 0.2) is 5.78 Å². The van der Waals surface area contributed by atoms with Crippen LogP contribution in [0.1, 0.15) is 28.5 Å². The summed E-state index contributed by atoms with van der Waals surface area (Å²) in [4.78, 5) is 16.1. The third kappa shape index (κ3) is 2.95. The van der Waals surface area contributed by atoms with Crippen LogP contribution in [-0.2, 0) is 5.75 Å². The molecular weight excluding hydrogens is 290 g/mol. The molecule has 0 fully saturated rings. The van der Waals surface area contributed by atoms with Gasteiger partial charge in [0.05, 0.1) is 5.25 Å². The molecule has 22 heavy (non-hydrogen) atoms. The maximum absolute atomic E-state index is 12.8. The molecular formula is C19H19NOS. The van der Waals surface area contributed by atoms with Crippen LogP contribution in [0.5, 0.6) is 0 Å². The lowest BCUT2D eigenvalue weighted by atomic mass is 10.1. The normalized spacial score (nSPS) is 12.5. The molecule has 0 aliphatic rings. The van der Waals surface area contributed by atoms with E-state index < -0.39 is 0 Å². The SMILES string of the molecule is Cc1[nH]c2ccccc2c1C(=O)[C@@H](C)SCc1ccccc1. The summed E-state index contributed by atoms with van der Waals surface area (Å²) in [6, 6.07) is 18.3. The van der Waals surface area contributed by atoms with Crippen molar-refractivity contribution in [2.45, 2.75) is 24.9 Å². The molecule has 0 unspecified atom stereocenters. The molecule has 3 aromatic rings. The number of fused-ring (bicyclic) bond motifs is 1. The van der Waals surface area contributed by atoms with Crippen molar-refractivity contribution in [3.8, 4) is 0 Å². The number of benzene rings is 2. The third-order valence-corrected chi connectivity index (χ3v) is 5.07. The van der Waals surface area contributed by atoms with Crippen LogP contribution in [0.4, 0.5) is 0 Å². The zero-order valence-electron chi connectivity index (χ0n) is 12.8. The van der Waals surface area contributed by atoms with Crippen molar-refractivity contribution in [2.24, 2.45) is 0 Å². The molecule has 1 atom stereocenters. The molecule has 0 radical (unpaired) electrons. The predicted molar refractivity (Wildman–Crippen MR) is 94.6 cm³/mol. The molecule has 0 amide bonds. The number of nitrogens with one attached hydrogen (secondary N) is 1. The first-order chi connectivity index (χ1) is 10.7. The van der Waals surface area contributed by atoms with Gasteiger partial charge in [0.25, 0.3) is 0 Å². The van der Waals surface area contributed by atoms with Gasteiger partial charge in [-0.25, -0.2) is 0 Å². The smallest absolute Gasteiger partial charge is 0.177 e. The minimum atomic E-state index is -0.0573. The number of carbonyl (C=O) groups is 1. The van der Waals surface area contributed by atoms with Crippen molar-refractivity contribution in [1.29, 1.82) is 0 Å². The van der Waals surface area contributed by atoms with E-state index in [0.29, 0.717) is 0 Å². The number of thioether (sulfide) groups is 1. The minimum Gasteiger partial charge on any atom is -0.358 e. The minimum absolute atomic E-state index is 0.0573. The number of aromatic nitrogens is 1. The molecule has 112 valence electrons. The van der Waals surface area contributed by atoms with Gasteiger partial charge in [-0.15, -0.1) is 11.8 Å². The first-order valence-electron chi connectivity index (χ1n) is 7.44. The Kier molecular flexibility index (Phi) is 4.34. The zero-order chi connectivity index (χ0) is 15.5. The van der Waals surface area contributed by atoms with Crippen LogP contribution in [0.2, 0.25) is 0 Å². The number of rotatable bonds is 5. The van der Waals surface area contributed by atoms with E-state index in [0.717, 1.165) is 27.9 Å². The summed E-state index contributed by atoms with van der Waals surface area (Å²) in [5.74, 6) is 1.06. The summed E-state index contributed by atoms with van der Waals surface area (Å²) >= 11 is 1.69. The summed E-state index contributed by atoms with van der Waals surface area (Å²) in [6.07, 6.45) is 0. The maximum atomic E-state index is 12.8. The second kappa shape index (κ2) is 6.41. The van der Waals surface area contributed by atoms with Gasteiger partial charge in [-0.05, 0) is 25.5 Å². The molecule has 0 aliphatic carbocycles. The summed E-state index contributed by atoms with van der Waals surface area (Å²) in [5, 5.41) is 0.968. The lowest BCUT2D eigenvalue weighted by molar-refractivity contribution is 0.0995. The number of aromatic amines is 1. The first-order valence-corrected chi connectivity index (χ1v) is 8.48. The first kappa shape index (κ1) is 14.9. The lowest BCUT2D eigenvalue weighted by Crippen LogP contribution is -2.14. The van der Waals surface area contributed by atoms with Crippen LogP contribution < -0.4 is 0 Å². The van der Waals surface area contributed by atoms with E-state index in [9.17, 15) is 4.79 Å². The predicted octanol–water partition coefficient (Wildman–Crippen LogP) is 4.98. The molecule has 1 aromatic heterocycles. The van der Waals surface area contributed by atoms with Gasteiger partial charge < -0.3 is 4.98 Å². The zero-order valence-corrected chi connectivity index (χ0v) is 13.6. The van der Waals surface area contributed by atoms with Crippen molar-refractivity contribution in [3.63, 3.8) is 0 Å². The van der Waals surface area contributed by atoms with E-state index in [1.165, 1.54) is 5.56 Å². The second-order valence-electron chi connectivity index (χ2n) is 5.47. The molecule has 0 spiro atoms. The highest BCUT2D eigenvalue weighted by Crippen LogP contribution is 2.27. The quantitative estimate of drug-likeness (QED) is 0.674. The van der Waals surface area contributed by atoms with E-state index in [2.05, 4.69) is 17.1 Å². The standard InChI is InChI=1S/C19H19NOS/c1-13-18(16-10-6-7-11-17(16)20-13)19(21)14(2)22-12-15-8-4-3-5-9-15/h3-11,14,20H,12H2,1-2H3/t14-/m1/s1. The number of ketones is 1. The number of Topliss-reactive ketones (excluding diaryl/α,β-unsaturated/α-hetero) is 1. The van der Waals surface area contributed by atoms with E-state index in [4.69, 9.17) is 0 Å². The number of hydrogen-bond acceptors (Lipinski definition) is 2. The molecule has 1 heterocycles. The van der Waals surface area contributed by atoms with E-state index in [1.54, 1.807) is 11.8 Å². The van der Waals surface area contributed by atoms with E-state index in [-0.39, 0.29) is 11.0 Å². The van der Waals surface area contributed by atoms with Crippen LogP contribution in [0, 0.1) is 6.92 Å². The second-order valence-corrected chi connectivity index (χ2v) is 6.80. The Morgan fingerprint density at radius 2 is 1.77 bits per heavy atom. The Balaban J connectivity index is 1.79. The molecule has 3 rings (SSSR count). The van der Waals surface area contributed by atoms with Gasteiger partial charge in [-0.2, -0.15) is 0 Å². The largest absolute Gasteiger partial charge is 0.358 e. The van der Waals surface area contributed by atoms with Crippen LogP contribution in [0.15, 0.2) is 54.6 Å².